The highest BCUT2D eigenvalue weighted by Gasteiger charge is 2.23. The molecule has 4 rings (SSSR count). The molecule has 0 unspecified atom stereocenters. The zero-order valence-corrected chi connectivity index (χ0v) is 23.2. The van der Waals surface area contributed by atoms with Crippen molar-refractivity contribution in [3.05, 3.63) is 95.6 Å². The summed E-state index contributed by atoms with van der Waals surface area (Å²) >= 11 is 0. The van der Waals surface area contributed by atoms with Crippen molar-refractivity contribution in [3.8, 4) is 0 Å². The van der Waals surface area contributed by atoms with Crippen LogP contribution < -0.4 is 20.7 Å². The fourth-order valence-corrected chi connectivity index (χ4v) is 4.79. The lowest BCUT2D eigenvalue weighted by Gasteiger charge is -2.27. The van der Waals surface area contributed by atoms with Gasteiger partial charge in [0.25, 0.3) is 15.9 Å². The van der Waals surface area contributed by atoms with E-state index in [-0.39, 0.29) is 16.3 Å². The van der Waals surface area contributed by atoms with Gasteiger partial charge in [0, 0.05) is 43.0 Å². The van der Waals surface area contributed by atoms with Gasteiger partial charge < -0.3 is 21.1 Å². The minimum absolute atomic E-state index is 0.0987. The number of carboxylic acids is 1. The van der Waals surface area contributed by atoms with Crippen LogP contribution in [0.2, 0.25) is 0 Å². The highest BCUT2D eigenvalue weighted by atomic mass is 32.2. The molecule has 3 aromatic carbocycles. The summed E-state index contributed by atoms with van der Waals surface area (Å²) in [6, 6.07) is 20.6. The topological polar surface area (TPSA) is 186 Å². The molecular formula is C28H32N6O6S. The average Bonchev–Trinajstić information content (AvgIpc) is 2.97. The number of carbonyl (C=O) groups excluding carboxylic acids is 2. The van der Waals surface area contributed by atoms with Crippen molar-refractivity contribution in [2.45, 2.75) is 11.8 Å². The lowest BCUT2D eigenvalue weighted by atomic mass is 10.1. The van der Waals surface area contributed by atoms with Crippen LogP contribution in [0.4, 0.5) is 10.5 Å². The number of aryl methyl sites for hydroxylation is 1. The molecule has 0 saturated carbocycles. The number of nitrogen functional groups attached to an aromatic ring is 1. The number of aliphatic carboxylic acids is 1. The summed E-state index contributed by atoms with van der Waals surface area (Å²) in [6.45, 7) is 3.79. The molecule has 3 aromatic rings. The van der Waals surface area contributed by atoms with Crippen molar-refractivity contribution in [2.24, 2.45) is 5.73 Å². The van der Waals surface area contributed by atoms with Crippen LogP contribution in [0.25, 0.3) is 0 Å². The van der Waals surface area contributed by atoms with Crippen molar-refractivity contribution >= 4 is 39.5 Å². The van der Waals surface area contributed by atoms with Gasteiger partial charge in [-0.25, -0.2) is 17.9 Å². The number of para-hydroxylation sites is 1. The summed E-state index contributed by atoms with van der Waals surface area (Å²) in [7, 11) is -3.79. The Labute approximate surface area is 238 Å². The summed E-state index contributed by atoms with van der Waals surface area (Å²) in [5, 5.41) is 19.6. The van der Waals surface area contributed by atoms with Gasteiger partial charge in [0.05, 0.1) is 4.90 Å². The van der Waals surface area contributed by atoms with E-state index in [1.165, 1.54) is 28.0 Å². The van der Waals surface area contributed by atoms with Gasteiger partial charge in [-0.05, 0) is 43.3 Å². The monoisotopic (exact) mass is 580 g/mol. The molecule has 1 saturated heterocycles. The Hall–Kier alpha value is -4.75. The summed E-state index contributed by atoms with van der Waals surface area (Å²) in [5.41, 5.74) is 7.56. The van der Waals surface area contributed by atoms with E-state index >= 15 is 0 Å². The predicted molar refractivity (Wildman–Crippen MR) is 155 cm³/mol. The van der Waals surface area contributed by atoms with E-state index < -0.39 is 34.5 Å². The Morgan fingerprint density at radius 1 is 0.976 bits per heavy atom. The van der Waals surface area contributed by atoms with E-state index in [4.69, 9.17) is 16.2 Å². The number of hydrogen-bond acceptors (Lipinski definition) is 7. The molecule has 0 radical (unpaired) electrons. The van der Waals surface area contributed by atoms with Crippen LogP contribution in [0.15, 0.2) is 83.8 Å². The molecule has 1 heterocycles. The fourth-order valence-electron chi connectivity index (χ4n) is 3.82. The fraction of sp³-hybridized carbons (Fsp3) is 0.214. The van der Waals surface area contributed by atoms with Crippen LogP contribution in [0.1, 0.15) is 21.5 Å². The number of nitrogens with zero attached hydrogens (tertiary/aromatic N) is 2. The zero-order chi connectivity index (χ0) is 30.0. The summed E-state index contributed by atoms with van der Waals surface area (Å²) in [6.07, 6.45) is 0. The van der Waals surface area contributed by atoms with Crippen molar-refractivity contribution in [3.63, 3.8) is 0 Å². The van der Waals surface area contributed by atoms with Gasteiger partial charge in [0.2, 0.25) is 0 Å². The second-order valence-electron chi connectivity index (χ2n) is 9.08. The summed E-state index contributed by atoms with van der Waals surface area (Å²) in [4.78, 5) is 38.3. The quantitative estimate of drug-likeness (QED) is 0.207. The van der Waals surface area contributed by atoms with Gasteiger partial charge in [0.1, 0.15) is 12.4 Å². The molecule has 0 spiro atoms. The standard InChI is InChI=1S/C16H15N3O3.C12H17N3O3S/c17-15(18)11-5-4-6-12(9-11)16(22)19(10-14(20)21)13-7-2-1-3-8-13;1-10-2-4-11(5-3-10)19(17,18)14-12(16)15-8-6-13-7-9-15/h1-9H,10H2,(H3,17,18)(H,20,21);2-5,13H,6-9H2,1H3,(H,14,16). The van der Waals surface area contributed by atoms with E-state index in [0.29, 0.717) is 37.4 Å². The van der Waals surface area contributed by atoms with Crippen LogP contribution in [0.3, 0.4) is 0 Å². The lowest BCUT2D eigenvalue weighted by Crippen LogP contribution is -2.51. The number of nitrogens with one attached hydrogen (secondary N) is 3. The first-order valence-corrected chi connectivity index (χ1v) is 14.1. The first-order valence-electron chi connectivity index (χ1n) is 12.6. The van der Waals surface area contributed by atoms with Crippen LogP contribution in [0.5, 0.6) is 0 Å². The Morgan fingerprint density at radius 2 is 1.59 bits per heavy atom. The summed E-state index contributed by atoms with van der Waals surface area (Å²) in [5.74, 6) is -1.73. The van der Waals surface area contributed by atoms with Gasteiger partial charge in [0.15, 0.2) is 0 Å². The molecular weight excluding hydrogens is 548 g/mol. The first-order chi connectivity index (χ1) is 19.5. The second-order valence-corrected chi connectivity index (χ2v) is 10.8. The number of anilines is 1. The molecule has 13 heteroatoms. The maximum atomic E-state index is 12.6. The number of piperazine rings is 1. The number of hydrogen-bond donors (Lipinski definition) is 5. The normalized spacial score (nSPS) is 12.9. The Kier molecular flexibility index (Phi) is 10.6. The molecule has 6 N–H and O–H groups in total. The van der Waals surface area contributed by atoms with E-state index in [2.05, 4.69) is 10.0 Å². The third-order valence-electron chi connectivity index (χ3n) is 5.98. The number of nitrogens with two attached hydrogens (primary N) is 1. The zero-order valence-electron chi connectivity index (χ0n) is 22.4. The van der Waals surface area contributed by atoms with E-state index in [0.717, 1.165) is 5.56 Å². The second kappa shape index (κ2) is 14.1. The third kappa shape index (κ3) is 8.88. The number of rotatable bonds is 7. The maximum absolute atomic E-state index is 12.6. The molecule has 3 amide bonds. The average molecular weight is 581 g/mol. The minimum Gasteiger partial charge on any atom is -0.480 e. The number of urea groups is 1. The molecule has 41 heavy (non-hydrogen) atoms. The smallest absolute Gasteiger partial charge is 0.331 e. The molecule has 0 atom stereocenters. The van der Waals surface area contributed by atoms with Crippen molar-refractivity contribution in [1.29, 1.82) is 5.41 Å². The maximum Gasteiger partial charge on any atom is 0.331 e. The highest BCUT2D eigenvalue weighted by molar-refractivity contribution is 7.90. The Bertz CT molecular complexity index is 1490. The van der Waals surface area contributed by atoms with E-state index in [1.54, 1.807) is 60.7 Å². The van der Waals surface area contributed by atoms with Gasteiger partial charge >= 0.3 is 12.0 Å². The number of sulfonamides is 1. The van der Waals surface area contributed by atoms with E-state index in [1.807, 2.05) is 6.92 Å². The number of benzene rings is 3. The van der Waals surface area contributed by atoms with E-state index in [9.17, 15) is 22.8 Å². The molecule has 1 fully saturated rings. The van der Waals surface area contributed by atoms with Crippen LogP contribution in [-0.4, -0.2) is 74.9 Å². The number of carboxylic acid groups (broad SMARTS) is 1. The Morgan fingerprint density at radius 3 is 2.17 bits per heavy atom. The number of amidine groups is 1. The van der Waals surface area contributed by atoms with Crippen LogP contribution >= 0.6 is 0 Å². The van der Waals surface area contributed by atoms with Gasteiger partial charge in [-0.15, -0.1) is 0 Å². The van der Waals surface area contributed by atoms with Gasteiger partial charge in [-0.2, -0.15) is 0 Å². The SMILES string of the molecule is Cc1ccc(S(=O)(=O)NC(=O)N2CCNCC2)cc1.N=C(N)c1cccc(C(=O)N(CC(=O)O)c2ccccc2)c1. The molecule has 1 aliphatic rings. The molecule has 0 aliphatic carbocycles. The third-order valence-corrected chi connectivity index (χ3v) is 7.32. The predicted octanol–water partition coefficient (Wildman–Crippen LogP) is 2.00. The molecule has 12 nitrogen and oxygen atoms in total. The van der Waals surface area contributed by atoms with Crippen LogP contribution in [-0.2, 0) is 14.8 Å². The van der Waals surface area contributed by atoms with Gasteiger partial charge in [-0.1, -0.05) is 48.0 Å². The number of amides is 3. The largest absolute Gasteiger partial charge is 0.480 e. The highest BCUT2D eigenvalue weighted by Crippen LogP contribution is 2.17. The minimum atomic E-state index is -3.79. The van der Waals surface area contributed by atoms with Crippen molar-refractivity contribution in [1.82, 2.24) is 14.9 Å². The molecule has 0 aromatic heterocycles. The number of carbonyl (C=O) groups is 3. The first kappa shape index (κ1) is 30.8. The van der Waals surface area contributed by atoms with Crippen molar-refractivity contribution < 1.29 is 27.9 Å². The summed E-state index contributed by atoms with van der Waals surface area (Å²) < 4.78 is 26.1. The Balaban J connectivity index is 0.000000228. The lowest BCUT2D eigenvalue weighted by molar-refractivity contribution is -0.135. The van der Waals surface area contributed by atoms with Gasteiger partial charge in [-0.3, -0.25) is 19.9 Å². The molecule has 1 aliphatic heterocycles. The molecule has 216 valence electrons. The van der Waals surface area contributed by atoms with Crippen LogP contribution in [0, 0.1) is 12.3 Å². The van der Waals surface area contributed by atoms with Crippen molar-refractivity contribution in [2.75, 3.05) is 37.6 Å². The molecule has 0 bridgehead atoms.